The monoisotopic (exact) mass is 454 g/mol. The molecule has 3 rings (SSSR count). The average molecular weight is 454 g/mol. The predicted molar refractivity (Wildman–Crippen MR) is 119 cm³/mol. The van der Waals surface area contributed by atoms with Crippen LogP contribution in [-0.2, 0) is 29.0 Å². The molecular weight excluding hydrogens is 430 g/mol. The molecule has 7 nitrogen and oxygen atoms in total. The number of halogens is 2. The second-order valence-electron chi connectivity index (χ2n) is 7.53. The zero-order valence-electron chi connectivity index (χ0n) is 17.7. The van der Waals surface area contributed by atoms with Crippen LogP contribution in [0.3, 0.4) is 0 Å². The fourth-order valence-corrected chi connectivity index (χ4v) is 3.16. The van der Waals surface area contributed by atoms with Gasteiger partial charge in [0.25, 0.3) is 0 Å². The van der Waals surface area contributed by atoms with Crippen LogP contribution in [-0.4, -0.2) is 34.1 Å². The number of aromatic nitrogens is 1. The molecule has 0 aliphatic carbocycles. The maximum Gasteiger partial charge on any atom is 0.249 e. The smallest absolute Gasteiger partial charge is 0.249 e. The predicted octanol–water partition coefficient (Wildman–Crippen LogP) is 1.89. The molecule has 9 heteroatoms. The second kappa shape index (κ2) is 11.1. The Bertz CT molecular complexity index is 1090. The number of hydrogen-bond acceptors (Lipinski definition) is 5. The standard InChI is InChI=1S/C24H24F2N4O3/c25-18-8-6-16(10-19(18)26)11-20(23(32)29-14-17-7-9-22(27)28-13-17)30-24(33)21(31)12-15-4-2-1-3-5-15/h1-10,13,20-21,31H,11-12,14H2,(H2,27,28)(H,29,32)(H,30,33). The van der Waals surface area contributed by atoms with E-state index in [2.05, 4.69) is 15.6 Å². The molecule has 3 aromatic rings. The van der Waals surface area contributed by atoms with Crippen LogP contribution in [0, 0.1) is 11.6 Å². The molecule has 0 spiro atoms. The highest BCUT2D eigenvalue weighted by molar-refractivity contribution is 5.89. The topological polar surface area (TPSA) is 117 Å². The largest absolute Gasteiger partial charge is 0.384 e. The fourth-order valence-electron chi connectivity index (χ4n) is 3.16. The van der Waals surface area contributed by atoms with Crippen LogP contribution >= 0.6 is 0 Å². The molecule has 1 heterocycles. The van der Waals surface area contributed by atoms with Gasteiger partial charge >= 0.3 is 0 Å². The number of aliphatic hydroxyl groups excluding tert-OH is 1. The van der Waals surface area contributed by atoms with Crippen molar-refractivity contribution in [2.75, 3.05) is 5.73 Å². The molecule has 0 bridgehead atoms. The summed E-state index contributed by atoms with van der Waals surface area (Å²) in [5.74, 6) is -3.05. The third-order valence-electron chi connectivity index (χ3n) is 4.95. The summed E-state index contributed by atoms with van der Waals surface area (Å²) >= 11 is 0. The summed E-state index contributed by atoms with van der Waals surface area (Å²) in [5, 5.41) is 15.5. The SMILES string of the molecule is Nc1ccc(CNC(=O)C(Cc2ccc(F)c(F)c2)NC(=O)C(O)Cc2ccccc2)cn1. The highest BCUT2D eigenvalue weighted by atomic mass is 19.2. The van der Waals surface area contributed by atoms with Gasteiger partial charge in [0.2, 0.25) is 11.8 Å². The maximum atomic E-state index is 13.6. The van der Waals surface area contributed by atoms with Gasteiger partial charge < -0.3 is 21.5 Å². The van der Waals surface area contributed by atoms with Crippen LogP contribution < -0.4 is 16.4 Å². The highest BCUT2D eigenvalue weighted by Crippen LogP contribution is 2.12. The van der Waals surface area contributed by atoms with E-state index in [1.807, 2.05) is 6.07 Å². The van der Waals surface area contributed by atoms with Crippen LogP contribution in [0.15, 0.2) is 66.9 Å². The number of carbonyl (C=O) groups is 2. The van der Waals surface area contributed by atoms with Gasteiger partial charge in [0.15, 0.2) is 11.6 Å². The van der Waals surface area contributed by atoms with Crippen LogP contribution in [0.25, 0.3) is 0 Å². The van der Waals surface area contributed by atoms with Crippen molar-refractivity contribution in [3.8, 4) is 0 Å². The van der Waals surface area contributed by atoms with Crippen molar-refractivity contribution in [3.63, 3.8) is 0 Å². The minimum atomic E-state index is -1.39. The number of nitrogens with two attached hydrogens (primary N) is 1. The molecule has 1 aromatic heterocycles. The number of hydrogen-bond donors (Lipinski definition) is 4. The van der Waals surface area contributed by atoms with Gasteiger partial charge in [-0.05, 0) is 34.9 Å². The molecule has 0 aliphatic rings. The Balaban J connectivity index is 1.70. The number of amides is 2. The quantitative estimate of drug-likeness (QED) is 0.394. The van der Waals surface area contributed by atoms with E-state index < -0.39 is 35.6 Å². The lowest BCUT2D eigenvalue weighted by molar-refractivity contribution is -0.134. The lowest BCUT2D eigenvalue weighted by atomic mass is 10.0. The van der Waals surface area contributed by atoms with Crippen molar-refractivity contribution >= 4 is 17.6 Å². The van der Waals surface area contributed by atoms with E-state index >= 15 is 0 Å². The Kier molecular flexibility index (Phi) is 8.04. The van der Waals surface area contributed by atoms with Gasteiger partial charge in [-0.1, -0.05) is 42.5 Å². The van der Waals surface area contributed by atoms with Crippen molar-refractivity contribution in [2.45, 2.75) is 31.5 Å². The van der Waals surface area contributed by atoms with Crippen molar-refractivity contribution in [1.82, 2.24) is 15.6 Å². The number of nitrogens with zero attached hydrogens (tertiary/aromatic N) is 1. The molecule has 0 radical (unpaired) electrons. The zero-order chi connectivity index (χ0) is 23.8. The van der Waals surface area contributed by atoms with Crippen molar-refractivity contribution in [3.05, 3.63) is 95.2 Å². The van der Waals surface area contributed by atoms with Crippen LogP contribution in [0.4, 0.5) is 14.6 Å². The lowest BCUT2D eigenvalue weighted by Crippen LogP contribution is -2.51. The Hall–Kier alpha value is -3.85. The van der Waals surface area contributed by atoms with E-state index in [0.717, 1.165) is 17.7 Å². The molecular formula is C24H24F2N4O3. The molecule has 0 fully saturated rings. The first-order chi connectivity index (χ1) is 15.8. The van der Waals surface area contributed by atoms with Crippen LogP contribution in [0.1, 0.15) is 16.7 Å². The van der Waals surface area contributed by atoms with Gasteiger partial charge in [0, 0.05) is 25.6 Å². The Morgan fingerprint density at radius 2 is 1.64 bits per heavy atom. The summed E-state index contributed by atoms with van der Waals surface area (Å²) < 4.78 is 26.9. The van der Waals surface area contributed by atoms with Gasteiger partial charge in [0.05, 0.1) is 0 Å². The van der Waals surface area contributed by atoms with Gasteiger partial charge in [-0.2, -0.15) is 0 Å². The number of benzene rings is 2. The minimum absolute atomic E-state index is 0.0588. The summed E-state index contributed by atoms with van der Waals surface area (Å²) in [5.41, 5.74) is 7.29. The summed E-state index contributed by atoms with van der Waals surface area (Å²) in [7, 11) is 0. The highest BCUT2D eigenvalue weighted by Gasteiger charge is 2.25. The maximum absolute atomic E-state index is 13.6. The summed E-state index contributed by atoms with van der Waals surface area (Å²) in [4.78, 5) is 29.4. The lowest BCUT2D eigenvalue weighted by Gasteiger charge is -2.21. The number of pyridine rings is 1. The van der Waals surface area contributed by atoms with Gasteiger partial charge in [0.1, 0.15) is 18.0 Å². The van der Waals surface area contributed by atoms with E-state index in [-0.39, 0.29) is 19.4 Å². The van der Waals surface area contributed by atoms with Gasteiger partial charge in [-0.25, -0.2) is 13.8 Å². The van der Waals surface area contributed by atoms with Crippen LogP contribution in [0.5, 0.6) is 0 Å². The fraction of sp³-hybridized carbons (Fsp3) is 0.208. The molecule has 0 aliphatic heterocycles. The third-order valence-corrected chi connectivity index (χ3v) is 4.95. The van der Waals surface area contributed by atoms with Gasteiger partial charge in [-0.15, -0.1) is 0 Å². The Morgan fingerprint density at radius 3 is 2.30 bits per heavy atom. The molecule has 2 atom stereocenters. The van der Waals surface area contributed by atoms with E-state index in [4.69, 9.17) is 5.73 Å². The number of anilines is 1. The van der Waals surface area contributed by atoms with Crippen LogP contribution in [0.2, 0.25) is 0 Å². The molecule has 2 unspecified atom stereocenters. The number of carbonyl (C=O) groups excluding carboxylic acids is 2. The molecule has 0 saturated heterocycles. The Labute approximate surface area is 189 Å². The van der Waals surface area contributed by atoms with Crippen molar-refractivity contribution in [2.24, 2.45) is 0 Å². The molecule has 33 heavy (non-hydrogen) atoms. The average Bonchev–Trinajstić information content (AvgIpc) is 2.81. The molecule has 172 valence electrons. The summed E-state index contributed by atoms with van der Waals surface area (Å²) in [6.45, 7) is 0.114. The van der Waals surface area contributed by atoms with E-state index in [1.165, 1.54) is 12.3 Å². The number of rotatable bonds is 9. The first kappa shape index (κ1) is 23.8. The molecule has 0 saturated carbocycles. The van der Waals surface area contributed by atoms with Crippen molar-refractivity contribution in [1.29, 1.82) is 0 Å². The van der Waals surface area contributed by atoms with Crippen molar-refractivity contribution < 1.29 is 23.5 Å². The first-order valence-corrected chi connectivity index (χ1v) is 10.3. The first-order valence-electron chi connectivity index (χ1n) is 10.3. The number of nitrogen functional groups attached to an aromatic ring is 1. The number of nitrogens with one attached hydrogen (secondary N) is 2. The van der Waals surface area contributed by atoms with E-state index in [1.54, 1.807) is 36.4 Å². The molecule has 2 amide bonds. The van der Waals surface area contributed by atoms with E-state index in [9.17, 15) is 23.5 Å². The van der Waals surface area contributed by atoms with Gasteiger partial charge in [-0.3, -0.25) is 9.59 Å². The third kappa shape index (κ3) is 7.08. The molecule has 5 N–H and O–H groups in total. The summed E-state index contributed by atoms with van der Waals surface area (Å²) in [6, 6.07) is 14.3. The Morgan fingerprint density at radius 1 is 0.909 bits per heavy atom. The normalized spacial score (nSPS) is 12.6. The van der Waals surface area contributed by atoms with E-state index in [0.29, 0.717) is 16.9 Å². The number of aliphatic hydroxyl groups is 1. The molecule has 2 aromatic carbocycles. The second-order valence-corrected chi connectivity index (χ2v) is 7.53. The zero-order valence-corrected chi connectivity index (χ0v) is 17.7. The summed E-state index contributed by atoms with van der Waals surface area (Å²) in [6.07, 6.45) is 0.0621. The minimum Gasteiger partial charge on any atom is -0.384 e.